The number of hydrazine groups is 1. The Hall–Kier alpha value is -2.69. The van der Waals surface area contributed by atoms with E-state index >= 15 is 0 Å². The highest BCUT2D eigenvalue weighted by Gasteiger charge is 2.55. The molecule has 0 saturated carbocycles. The van der Waals surface area contributed by atoms with Crippen molar-refractivity contribution in [3.63, 3.8) is 0 Å². The Labute approximate surface area is 299 Å². The lowest BCUT2D eigenvalue weighted by Gasteiger charge is -2.54. The molecule has 3 aliphatic heterocycles. The van der Waals surface area contributed by atoms with Gasteiger partial charge in [-0.1, -0.05) is 74.1 Å². The summed E-state index contributed by atoms with van der Waals surface area (Å²) in [5, 5.41) is 12.3. The molecule has 0 unspecified atom stereocenters. The predicted molar refractivity (Wildman–Crippen MR) is 187 cm³/mol. The molecule has 0 aromatic heterocycles. The lowest BCUT2D eigenvalue weighted by molar-refractivity contribution is -0.929. The molecule has 3 heterocycles. The number of hydroxylamine groups is 2. The first-order chi connectivity index (χ1) is 23.4. The number of amides is 5. The number of nitrogens with one attached hydrogen (secondary N) is 2. The number of nitrogens with zero attached hydrogens (tertiary/aromatic N) is 4. The fourth-order valence-electron chi connectivity index (χ4n) is 7.63. The third kappa shape index (κ3) is 11.2. The van der Waals surface area contributed by atoms with Crippen LogP contribution in [0, 0.1) is 5.41 Å². The molecule has 3 fully saturated rings. The number of unbranched alkanes of at least 4 members (excludes halogenated alkanes) is 4. The zero-order chi connectivity index (χ0) is 37.8. The molecule has 3 atom stereocenters. The number of likely N-dealkylation sites (tertiary alicyclic amines) is 1. The Kier molecular flexibility index (Phi) is 16.7. The Morgan fingerprint density at radius 2 is 1.44 bits per heavy atom. The van der Waals surface area contributed by atoms with Crippen molar-refractivity contribution in [3.8, 4) is 0 Å². The van der Waals surface area contributed by atoms with E-state index in [-0.39, 0.29) is 32.4 Å². The lowest BCUT2D eigenvalue weighted by atomic mass is 9.67. The van der Waals surface area contributed by atoms with E-state index in [1.54, 1.807) is 20.8 Å². The molecule has 0 spiro atoms. The maximum absolute atomic E-state index is 13.2. The van der Waals surface area contributed by atoms with Gasteiger partial charge in [0.2, 0.25) is 0 Å². The SMILES string of the molecule is CC(C)(C)[C@]1(C(=O)NNC(=O)[C@@H]2CC[C@@H]3CN2C(=O)N3OS(=O)(=O)O)CCCCN1C(=O)[O-].CCCC[N+](CCCC)(CCCC)CCCC. The van der Waals surface area contributed by atoms with E-state index in [2.05, 4.69) is 42.8 Å². The van der Waals surface area contributed by atoms with Gasteiger partial charge in [-0.25, -0.2) is 4.79 Å². The average molecular weight is 733 g/mol. The normalized spacial score (nSPS) is 22.6. The van der Waals surface area contributed by atoms with Gasteiger partial charge in [0.05, 0.1) is 32.2 Å². The molecule has 16 heteroatoms. The molecule has 0 aliphatic carbocycles. The number of carbonyl (C=O) groups excluding carboxylic acids is 4. The molecule has 290 valence electrons. The molecule has 3 rings (SSSR count). The third-order valence-corrected chi connectivity index (χ3v) is 10.9. The zero-order valence-corrected chi connectivity index (χ0v) is 32.3. The summed E-state index contributed by atoms with van der Waals surface area (Å²) in [6.45, 7) is 20.3. The number of fused-ring (bicyclic) bond motifs is 2. The number of carboxylic acid groups (broad SMARTS) is 1. The standard InChI is InChI=1S/C18H29N5O9S.C16H36N/c1-17(2,3)18(8-4-5-9-22(18)16(27)28)14(25)20-19-13(24)12-7-6-11-10-21(12)15(26)23(11)32-33(29,30)31;1-5-9-13-17(14-10-6-2,15-11-7-3)16-12-8-4/h11-12H,4-10H2,1-3H3,(H,19,24)(H,20,25)(H,27,28)(H,29,30,31);5-16H2,1-4H3/q;+1/p-1/t11-,12+,18-;/m1./s1. The third-order valence-electron chi connectivity index (χ3n) is 10.5. The molecular weight excluding hydrogens is 668 g/mol. The number of rotatable bonds is 16. The second-order valence-corrected chi connectivity index (χ2v) is 16.1. The number of carbonyl (C=O) groups is 4. The van der Waals surface area contributed by atoms with Gasteiger partial charge >= 0.3 is 16.4 Å². The lowest BCUT2D eigenvalue weighted by Crippen LogP contribution is -2.72. The van der Waals surface area contributed by atoms with Gasteiger partial charge in [-0.05, 0) is 63.2 Å². The summed E-state index contributed by atoms with van der Waals surface area (Å²) in [6, 6.07) is -2.61. The van der Waals surface area contributed by atoms with Gasteiger partial charge in [-0.3, -0.25) is 25.0 Å². The fourth-order valence-corrected chi connectivity index (χ4v) is 8.02. The molecule has 3 N–H and O–H groups in total. The molecule has 0 radical (unpaired) electrons. The number of urea groups is 1. The minimum absolute atomic E-state index is 0.00915. The van der Waals surface area contributed by atoms with E-state index in [1.165, 1.54) is 82.0 Å². The van der Waals surface area contributed by atoms with Gasteiger partial charge in [0.25, 0.3) is 11.8 Å². The summed E-state index contributed by atoms with van der Waals surface area (Å²) < 4.78 is 36.6. The Bertz CT molecular complexity index is 1210. The topological polar surface area (TPSA) is 189 Å². The van der Waals surface area contributed by atoms with Gasteiger partial charge in [0, 0.05) is 13.1 Å². The predicted octanol–water partition coefficient (Wildman–Crippen LogP) is 3.75. The summed E-state index contributed by atoms with van der Waals surface area (Å²) in [5.41, 5.74) is 2.29. The van der Waals surface area contributed by atoms with Crippen LogP contribution in [0.3, 0.4) is 0 Å². The van der Waals surface area contributed by atoms with Crippen molar-refractivity contribution in [2.75, 3.05) is 39.3 Å². The smallest absolute Gasteiger partial charge is 0.418 e. The zero-order valence-electron chi connectivity index (χ0n) is 31.5. The maximum Gasteiger partial charge on any atom is 0.418 e. The van der Waals surface area contributed by atoms with Crippen LogP contribution in [-0.4, -0.2) is 113 Å². The van der Waals surface area contributed by atoms with Crippen LogP contribution in [0.2, 0.25) is 0 Å². The largest absolute Gasteiger partial charge is 0.530 e. The highest BCUT2D eigenvalue weighted by molar-refractivity contribution is 7.80. The van der Waals surface area contributed by atoms with E-state index in [1.807, 2.05) is 0 Å². The van der Waals surface area contributed by atoms with E-state index in [0.717, 1.165) is 9.80 Å². The van der Waals surface area contributed by atoms with Gasteiger partial charge in [-0.2, -0.15) is 13.5 Å². The summed E-state index contributed by atoms with van der Waals surface area (Å²) in [5.74, 6) is -1.45. The maximum atomic E-state index is 13.2. The molecule has 0 aromatic rings. The van der Waals surface area contributed by atoms with Crippen LogP contribution in [0.1, 0.15) is 132 Å². The van der Waals surface area contributed by atoms with Crippen LogP contribution in [0.4, 0.5) is 9.59 Å². The number of hydrogen-bond acceptors (Lipinski definition) is 8. The van der Waals surface area contributed by atoms with Gasteiger partial charge in [0.1, 0.15) is 17.7 Å². The van der Waals surface area contributed by atoms with E-state index in [0.29, 0.717) is 17.9 Å². The van der Waals surface area contributed by atoms with Gasteiger partial charge < -0.3 is 24.2 Å². The van der Waals surface area contributed by atoms with Crippen molar-refractivity contribution in [3.05, 3.63) is 0 Å². The second kappa shape index (κ2) is 19.2. The molecule has 5 amide bonds. The number of piperidine rings is 2. The first kappa shape index (κ1) is 43.5. The van der Waals surface area contributed by atoms with Crippen molar-refractivity contribution in [1.82, 2.24) is 25.7 Å². The molecule has 15 nitrogen and oxygen atoms in total. The first-order valence-electron chi connectivity index (χ1n) is 18.6. The Balaban J connectivity index is 0.000000432. The highest BCUT2D eigenvalue weighted by atomic mass is 32.3. The molecule has 3 saturated heterocycles. The molecule has 3 aliphatic rings. The second-order valence-electron chi connectivity index (χ2n) is 15.1. The van der Waals surface area contributed by atoms with Crippen LogP contribution >= 0.6 is 0 Å². The summed E-state index contributed by atoms with van der Waals surface area (Å²) >= 11 is 0. The molecule has 2 bridgehead atoms. The minimum Gasteiger partial charge on any atom is -0.530 e. The van der Waals surface area contributed by atoms with Gasteiger partial charge in [-0.15, -0.1) is 4.28 Å². The number of hydrogen-bond donors (Lipinski definition) is 3. The highest BCUT2D eigenvalue weighted by Crippen LogP contribution is 2.42. The minimum atomic E-state index is -4.92. The van der Waals surface area contributed by atoms with E-state index < -0.39 is 57.4 Å². The molecule has 50 heavy (non-hydrogen) atoms. The van der Waals surface area contributed by atoms with E-state index in [9.17, 15) is 32.7 Å². The quantitative estimate of drug-likeness (QED) is 0.121. The van der Waals surface area contributed by atoms with Crippen molar-refractivity contribution in [1.29, 1.82) is 0 Å². The van der Waals surface area contributed by atoms with Gasteiger partial charge in [0.15, 0.2) is 0 Å². The number of quaternary nitrogens is 1. The van der Waals surface area contributed by atoms with Crippen LogP contribution in [-0.2, 0) is 24.3 Å². The van der Waals surface area contributed by atoms with Crippen LogP contribution < -0.4 is 16.0 Å². The van der Waals surface area contributed by atoms with Crippen molar-refractivity contribution in [2.45, 2.75) is 150 Å². The first-order valence-corrected chi connectivity index (χ1v) is 20.0. The van der Waals surface area contributed by atoms with Crippen LogP contribution in [0.15, 0.2) is 0 Å². The van der Waals surface area contributed by atoms with Crippen LogP contribution in [0.25, 0.3) is 0 Å². The molecular formula is C34H64N6O9S. The molecule has 0 aromatic carbocycles. The summed E-state index contributed by atoms with van der Waals surface area (Å²) in [6.07, 6.45) is 11.4. The van der Waals surface area contributed by atoms with Crippen molar-refractivity contribution >= 4 is 34.3 Å². The van der Waals surface area contributed by atoms with Crippen molar-refractivity contribution < 1.29 is 46.0 Å². The fraction of sp³-hybridized carbons (Fsp3) is 0.882. The average Bonchev–Trinajstić information content (AvgIpc) is 3.29. The van der Waals surface area contributed by atoms with E-state index in [4.69, 9.17) is 4.55 Å². The summed E-state index contributed by atoms with van der Waals surface area (Å²) in [4.78, 5) is 52.4. The van der Waals surface area contributed by atoms with Crippen LogP contribution in [0.5, 0.6) is 0 Å². The Morgan fingerprint density at radius 3 is 1.88 bits per heavy atom. The Morgan fingerprint density at radius 1 is 0.920 bits per heavy atom. The van der Waals surface area contributed by atoms with Crippen molar-refractivity contribution in [2.24, 2.45) is 5.41 Å². The summed E-state index contributed by atoms with van der Waals surface area (Å²) in [7, 11) is -4.92. The monoisotopic (exact) mass is 732 g/mol.